The van der Waals surface area contributed by atoms with Crippen molar-refractivity contribution in [3.05, 3.63) is 0 Å². The first-order valence-corrected chi connectivity index (χ1v) is 10.7. The van der Waals surface area contributed by atoms with Crippen LogP contribution in [-0.4, -0.2) is 36.2 Å². The minimum atomic E-state index is -2.86. The molecule has 0 rings (SSSR count). The van der Waals surface area contributed by atoms with Crippen LogP contribution in [0.2, 0.25) is 0 Å². The molecule has 112 valence electrons. The zero-order chi connectivity index (χ0) is 14.7. The van der Waals surface area contributed by atoms with E-state index in [1.807, 2.05) is 0 Å². The predicted molar refractivity (Wildman–Crippen MR) is 79.5 cm³/mol. The average Bonchev–Trinajstić information content (AvgIpc) is 2.17. The van der Waals surface area contributed by atoms with Gasteiger partial charge >= 0.3 is 13.4 Å². The average molecular weight is 340 g/mol. The molecule has 0 aliphatic carbocycles. The summed E-state index contributed by atoms with van der Waals surface area (Å²) in [6, 6.07) is 0. The Labute approximate surface area is 119 Å². The molecule has 0 aromatic heterocycles. The van der Waals surface area contributed by atoms with E-state index >= 15 is 0 Å². The van der Waals surface area contributed by atoms with Gasteiger partial charge in [0.2, 0.25) is 0 Å². The van der Waals surface area contributed by atoms with Crippen LogP contribution in [0.25, 0.3) is 0 Å². The first-order chi connectivity index (χ1) is 8.24. The van der Waals surface area contributed by atoms with Crippen molar-refractivity contribution in [1.82, 2.24) is 0 Å². The van der Waals surface area contributed by atoms with Crippen molar-refractivity contribution in [1.29, 1.82) is 0 Å². The molecule has 0 fully saturated rings. The normalized spacial score (nSPS) is 11.9. The molecule has 0 unspecified atom stereocenters. The molecule has 0 aromatic rings. The maximum absolute atomic E-state index is 9.00. The van der Waals surface area contributed by atoms with Crippen LogP contribution in [0.3, 0.4) is 0 Å². The van der Waals surface area contributed by atoms with Crippen LogP contribution in [0.4, 0.5) is 0 Å². The lowest BCUT2D eigenvalue weighted by Crippen LogP contribution is -1.92. The summed E-state index contributed by atoms with van der Waals surface area (Å²) in [5.41, 5.74) is 0. The van der Waals surface area contributed by atoms with E-state index in [1.54, 1.807) is 27.7 Å². The van der Waals surface area contributed by atoms with Gasteiger partial charge in [-0.2, -0.15) is 0 Å². The molecule has 0 saturated heterocycles. The van der Waals surface area contributed by atoms with E-state index in [0.717, 1.165) is 0 Å². The molecular weight excluding hydrogens is 318 g/mol. The van der Waals surface area contributed by atoms with Crippen molar-refractivity contribution in [3.8, 4) is 0 Å². The van der Waals surface area contributed by atoms with Crippen LogP contribution in [0.1, 0.15) is 27.7 Å². The fourth-order valence-electron chi connectivity index (χ4n) is 0.727. The number of rotatable bonds is 8. The second-order valence-corrected chi connectivity index (χ2v) is 8.28. The van der Waals surface area contributed by atoms with E-state index in [-0.39, 0.29) is 0 Å². The van der Waals surface area contributed by atoms with Gasteiger partial charge in [-0.1, -0.05) is 0 Å². The molecule has 0 saturated carbocycles. The molecule has 0 aromatic carbocycles. The molecular formula is C8H22O6P2S2. The first kappa shape index (κ1) is 21.4. The maximum Gasteiger partial charge on any atom is 0.324 e. The van der Waals surface area contributed by atoms with Crippen LogP contribution >= 0.6 is 13.4 Å². The van der Waals surface area contributed by atoms with Crippen LogP contribution in [-0.2, 0) is 41.7 Å². The van der Waals surface area contributed by atoms with Gasteiger partial charge in [0, 0.05) is 0 Å². The van der Waals surface area contributed by atoms with Gasteiger partial charge in [0.15, 0.2) is 0 Å². The van der Waals surface area contributed by atoms with Gasteiger partial charge in [-0.15, -0.1) is 0 Å². The van der Waals surface area contributed by atoms with E-state index < -0.39 is 13.4 Å². The van der Waals surface area contributed by atoms with Crippen molar-refractivity contribution in [2.24, 2.45) is 0 Å². The lowest BCUT2D eigenvalue weighted by Gasteiger charge is -2.12. The second kappa shape index (κ2) is 11.9. The highest BCUT2D eigenvalue weighted by molar-refractivity contribution is 8.07. The Morgan fingerprint density at radius 3 is 0.944 bits per heavy atom. The van der Waals surface area contributed by atoms with Gasteiger partial charge in [0.05, 0.1) is 26.4 Å². The molecule has 0 radical (unpaired) electrons. The second-order valence-electron chi connectivity index (χ2n) is 2.61. The highest BCUT2D eigenvalue weighted by Crippen LogP contribution is 2.43. The lowest BCUT2D eigenvalue weighted by molar-refractivity contribution is 0.211. The Morgan fingerprint density at radius 2 is 0.833 bits per heavy atom. The Hall–Kier alpha value is 1.06. The van der Waals surface area contributed by atoms with Gasteiger partial charge in [-0.25, -0.2) is 0 Å². The van der Waals surface area contributed by atoms with Crippen molar-refractivity contribution in [2.45, 2.75) is 27.7 Å². The molecule has 2 N–H and O–H groups in total. The summed E-state index contributed by atoms with van der Waals surface area (Å²) in [5.74, 6) is 0. The van der Waals surface area contributed by atoms with Crippen LogP contribution < -0.4 is 0 Å². The van der Waals surface area contributed by atoms with E-state index in [9.17, 15) is 0 Å². The standard InChI is InChI=1S/2C4H11O3PS/c2*1-3-6-8(5,9)7-4-2/h2*3-4H2,1-2H3,(H,5,9). The molecule has 6 nitrogen and oxygen atoms in total. The third-order valence-corrected chi connectivity index (χ3v) is 4.77. The fraction of sp³-hybridized carbons (Fsp3) is 1.00. The number of hydrogen-bond acceptors (Lipinski definition) is 6. The van der Waals surface area contributed by atoms with Gasteiger partial charge < -0.3 is 27.9 Å². The molecule has 0 bridgehead atoms. The molecule has 0 amide bonds. The SMILES string of the molecule is CCOP(O)(=S)OCC.CCOP(O)(=S)OCC. The zero-order valence-electron chi connectivity index (χ0n) is 11.1. The Bertz CT molecular complexity index is 241. The first-order valence-electron chi connectivity index (χ1n) is 5.48. The van der Waals surface area contributed by atoms with E-state index in [1.165, 1.54) is 0 Å². The zero-order valence-corrected chi connectivity index (χ0v) is 14.5. The molecule has 0 aliphatic rings. The molecule has 10 heteroatoms. The number of hydrogen-bond donors (Lipinski definition) is 2. The third kappa shape index (κ3) is 15.1. The summed E-state index contributed by atoms with van der Waals surface area (Å²) in [5, 5.41) is 0. The molecule has 0 aliphatic heterocycles. The smallest absolute Gasteiger partial charge is 0.324 e. The summed E-state index contributed by atoms with van der Waals surface area (Å²) in [4.78, 5) is 18.0. The van der Waals surface area contributed by atoms with Gasteiger partial charge in [0.25, 0.3) is 0 Å². The molecule has 0 atom stereocenters. The summed E-state index contributed by atoms with van der Waals surface area (Å²) in [6.45, 7) is 2.91. The van der Waals surface area contributed by atoms with Crippen molar-refractivity contribution in [3.63, 3.8) is 0 Å². The molecule has 0 heterocycles. The Morgan fingerprint density at radius 1 is 0.667 bits per heavy atom. The predicted octanol–water partition coefficient (Wildman–Crippen LogP) is 2.55. The van der Waals surface area contributed by atoms with Crippen LogP contribution in [0.15, 0.2) is 0 Å². The monoisotopic (exact) mass is 340 g/mol. The van der Waals surface area contributed by atoms with E-state index in [4.69, 9.17) is 27.9 Å². The van der Waals surface area contributed by atoms with Crippen LogP contribution in [0.5, 0.6) is 0 Å². The fourth-order valence-corrected chi connectivity index (χ4v) is 3.45. The molecule has 0 spiro atoms. The summed E-state index contributed by atoms with van der Waals surface area (Å²) < 4.78 is 18.9. The quantitative estimate of drug-likeness (QED) is 0.653. The third-order valence-electron chi connectivity index (χ3n) is 1.17. The Balaban J connectivity index is 0. The minimum Gasteiger partial charge on any atom is -0.324 e. The van der Waals surface area contributed by atoms with Gasteiger partial charge in [0.1, 0.15) is 0 Å². The highest BCUT2D eigenvalue weighted by atomic mass is 32.5. The maximum atomic E-state index is 9.00. The van der Waals surface area contributed by atoms with Crippen molar-refractivity contribution < 1.29 is 27.9 Å². The lowest BCUT2D eigenvalue weighted by atomic mass is 10.9. The molecule has 18 heavy (non-hydrogen) atoms. The van der Waals surface area contributed by atoms with Crippen molar-refractivity contribution in [2.75, 3.05) is 26.4 Å². The van der Waals surface area contributed by atoms with Crippen LogP contribution in [0, 0.1) is 0 Å². The van der Waals surface area contributed by atoms with Gasteiger partial charge in [-0.05, 0) is 51.3 Å². The topological polar surface area (TPSA) is 77.4 Å². The minimum absolute atomic E-state index is 0.397. The van der Waals surface area contributed by atoms with E-state index in [2.05, 4.69) is 23.6 Å². The Kier molecular flexibility index (Phi) is 14.1. The summed E-state index contributed by atoms with van der Waals surface area (Å²) in [6.07, 6.45) is 0. The van der Waals surface area contributed by atoms with Gasteiger partial charge in [-0.3, -0.25) is 0 Å². The summed E-state index contributed by atoms with van der Waals surface area (Å²) >= 11 is 9.13. The summed E-state index contributed by atoms with van der Waals surface area (Å²) in [7, 11) is 0. The van der Waals surface area contributed by atoms with E-state index in [0.29, 0.717) is 26.4 Å². The highest BCUT2D eigenvalue weighted by Gasteiger charge is 2.11. The van der Waals surface area contributed by atoms with Crippen molar-refractivity contribution >= 4 is 37.1 Å². The largest absolute Gasteiger partial charge is 0.324 e.